The molecule has 2 aromatic rings. The Labute approximate surface area is 137 Å². The van der Waals surface area contributed by atoms with E-state index in [2.05, 4.69) is 32.7 Å². The SMILES string of the molecule is COc1cccc(CCNc2cc(NC3CCCC3)ncn2)c1. The van der Waals surface area contributed by atoms with Gasteiger partial charge in [0.2, 0.25) is 0 Å². The van der Waals surface area contributed by atoms with Gasteiger partial charge in [0.15, 0.2) is 0 Å². The minimum absolute atomic E-state index is 0.564. The van der Waals surface area contributed by atoms with Gasteiger partial charge in [-0.15, -0.1) is 0 Å². The maximum atomic E-state index is 5.25. The molecule has 5 nitrogen and oxygen atoms in total. The maximum absolute atomic E-state index is 5.25. The highest BCUT2D eigenvalue weighted by Gasteiger charge is 2.14. The molecule has 0 atom stereocenters. The Bertz CT molecular complexity index is 626. The summed E-state index contributed by atoms with van der Waals surface area (Å²) in [5, 5.41) is 6.86. The first-order valence-electron chi connectivity index (χ1n) is 8.29. The van der Waals surface area contributed by atoms with Crippen LogP contribution in [-0.2, 0) is 6.42 Å². The highest BCUT2D eigenvalue weighted by atomic mass is 16.5. The van der Waals surface area contributed by atoms with E-state index in [0.717, 1.165) is 30.4 Å². The third-order valence-corrected chi connectivity index (χ3v) is 4.23. The first kappa shape index (κ1) is 15.6. The Hall–Kier alpha value is -2.30. The highest BCUT2D eigenvalue weighted by molar-refractivity contribution is 5.47. The fraction of sp³-hybridized carbons (Fsp3) is 0.444. The van der Waals surface area contributed by atoms with Gasteiger partial charge in [-0.1, -0.05) is 25.0 Å². The Balaban J connectivity index is 1.51. The van der Waals surface area contributed by atoms with Crippen LogP contribution < -0.4 is 15.4 Å². The molecule has 1 aromatic carbocycles. The van der Waals surface area contributed by atoms with E-state index in [1.807, 2.05) is 18.2 Å². The van der Waals surface area contributed by atoms with Crippen molar-refractivity contribution in [3.05, 3.63) is 42.2 Å². The molecule has 2 N–H and O–H groups in total. The fourth-order valence-corrected chi connectivity index (χ4v) is 2.98. The van der Waals surface area contributed by atoms with Crippen LogP contribution in [0.2, 0.25) is 0 Å². The summed E-state index contributed by atoms with van der Waals surface area (Å²) in [7, 11) is 1.69. The second-order valence-electron chi connectivity index (χ2n) is 5.94. The normalized spacial score (nSPS) is 14.7. The number of anilines is 2. The summed E-state index contributed by atoms with van der Waals surface area (Å²) in [6.07, 6.45) is 7.64. The number of nitrogens with one attached hydrogen (secondary N) is 2. The van der Waals surface area contributed by atoms with Crippen molar-refractivity contribution in [2.75, 3.05) is 24.3 Å². The molecular weight excluding hydrogens is 288 g/mol. The lowest BCUT2D eigenvalue weighted by molar-refractivity contribution is 0.414. The fourth-order valence-electron chi connectivity index (χ4n) is 2.98. The van der Waals surface area contributed by atoms with Gasteiger partial charge in [0.25, 0.3) is 0 Å². The Morgan fingerprint density at radius 2 is 1.96 bits per heavy atom. The van der Waals surface area contributed by atoms with Gasteiger partial charge in [-0.25, -0.2) is 9.97 Å². The summed E-state index contributed by atoms with van der Waals surface area (Å²) in [6.45, 7) is 0.826. The van der Waals surface area contributed by atoms with Gasteiger partial charge in [-0.05, 0) is 37.0 Å². The molecule has 0 radical (unpaired) electrons. The lowest BCUT2D eigenvalue weighted by Gasteiger charge is -2.13. The quantitative estimate of drug-likeness (QED) is 0.819. The molecule has 0 unspecified atom stereocenters. The van der Waals surface area contributed by atoms with E-state index in [1.54, 1.807) is 13.4 Å². The maximum Gasteiger partial charge on any atom is 0.131 e. The topological polar surface area (TPSA) is 59.1 Å². The highest BCUT2D eigenvalue weighted by Crippen LogP contribution is 2.22. The number of methoxy groups -OCH3 is 1. The van der Waals surface area contributed by atoms with Gasteiger partial charge < -0.3 is 15.4 Å². The first-order chi connectivity index (χ1) is 11.3. The molecule has 0 amide bonds. The Morgan fingerprint density at radius 3 is 2.78 bits per heavy atom. The van der Waals surface area contributed by atoms with Crippen molar-refractivity contribution in [1.29, 1.82) is 0 Å². The number of nitrogens with zero attached hydrogens (tertiary/aromatic N) is 2. The molecule has 1 aliphatic rings. The molecule has 3 rings (SSSR count). The van der Waals surface area contributed by atoms with Crippen molar-refractivity contribution in [3.8, 4) is 5.75 Å². The molecule has 1 fully saturated rings. The van der Waals surface area contributed by atoms with Gasteiger partial charge in [0, 0.05) is 18.7 Å². The molecule has 0 saturated heterocycles. The Morgan fingerprint density at radius 1 is 1.13 bits per heavy atom. The smallest absolute Gasteiger partial charge is 0.131 e. The van der Waals surface area contributed by atoms with Crippen LogP contribution in [-0.4, -0.2) is 29.7 Å². The summed E-state index contributed by atoms with van der Waals surface area (Å²) < 4.78 is 5.25. The monoisotopic (exact) mass is 312 g/mol. The zero-order chi connectivity index (χ0) is 15.9. The second-order valence-corrected chi connectivity index (χ2v) is 5.94. The standard InChI is InChI=1S/C18H24N4O/c1-23-16-8-4-5-14(11-16)9-10-19-17-12-18(21-13-20-17)22-15-6-2-3-7-15/h4-5,8,11-13,15H,2-3,6-7,9-10H2,1H3,(H2,19,20,21,22). The third-order valence-electron chi connectivity index (χ3n) is 4.23. The van der Waals surface area contributed by atoms with E-state index in [-0.39, 0.29) is 0 Å². The summed E-state index contributed by atoms with van der Waals surface area (Å²) in [4.78, 5) is 8.61. The number of aromatic nitrogens is 2. The van der Waals surface area contributed by atoms with Crippen LogP contribution in [0.5, 0.6) is 5.75 Å². The van der Waals surface area contributed by atoms with Crippen LogP contribution in [0.15, 0.2) is 36.7 Å². The minimum atomic E-state index is 0.564. The predicted octanol–water partition coefficient (Wildman–Crippen LogP) is 3.49. The third kappa shape index (κ3) is 4.58. The predicted molar refractivity (Wildman–Crippen MR) is 93.1 cm³/mol. The van der Waals surface area contributed by atoms with Crippen molar-refractivity contribution < 1.29 is 4.74 Å². The minimum Gasteiger partial charge on any atom is -0.497 e. The van der Waals surface area contributed by atoms with Gasteiger partial charge in [-0.2, -0.15) is 0 Å². The molecule has 1 heterocycles. The van der Waals surface area contributed by atoms with Gasteiger partial charge in [0.1, 0.15) is 23.7 Å². The van der Waals surface area contributed by atoms with E-state index in [9.17, 15) is 0 Å². The lowest BCUT2D eigenvalue weighted by atomic mass is 10.1. The molecule has 0 spiro atoms. The van der Waals surface area contributed by atoms with Crippen molar-refractivity contribution in [3.63, 3.8) is 0 Å². The lowest BCUT2D eigenvalue weighted by Crippen LogP contribution is -2.16. The number of rotatable bonds is 7. The molecule has 5 heteroatoms. The van der Waals surface area contributed by atoms with E-state index >= 15 is 0 Å². The van der Waals surface area contributed by atoms with Crippen LogP contribution in [0.1, 0.15) is 31.2 Å². The van der Waals surface area contributed by atoms with Crippen LogP contribution in [0.25, 0.3) is 0 Å². The van der Waals surface area contributed by atoms with Gasteiger partial charge >= 0.3 is 0 Å². The average molecular weight is 312 g/mol. The number of hydrogen-bond acceptors (Lipinski definition) is 5. The molecule has 0 bridgehead atoms. The molecule has 1 aliphatic carbocycles. The van der Waals surface area contributed by atoms with Gasteiger partial charge in [-0.3, -0.25) is 0 Å². The number of benzene rings is 1. The molecule has 122 valence electrons. The van der Waals surface area contributed by atoms with E-state index in [1.165, 1.54) is 31.2 Å². The molecular formula is C18H24N4O. The van der Waals surface area contributed by atoms with Crippen LogP contribution >= 0.6 is 0 Å². The molecule has 23 heavy (non-hydrogen) atoms. The Kier molecular flexibility index (Phi) is 5.29. The van der Waals surface area contributed by atoms with Crippen LogP contribution in [0, 0.1) is 0 Å². The average Bonchev–Trinajstić information content (AvgIpc) is 3.08. The number of hydrogen-bond donors (Lipinski definition) is 2. The molecule has 0 aliphatic heterocycles. The zero-order valence-corrected chi connectivity index (χ0v) is 13.6. The van der Waals surface area contributed by atoms with Crippen molar-refractivity contribution in [1.82, 2.24) is 9.97 Å². The zero-order valence-electron chi connectivity index (χ0n) is 13.6. The molecule has 1 saturated carbocycles. The van der Waals surface area contributed by atoms with Crippen molar-refractivity contribution in [2.24, 2.45) is 0 Å². The largest absolute Gasteiger partial charge is 0.497 e. The first-order valence-corrected chi connectivity index (χ1v) is 8.29. The van der Waals surface area contributed by atoms with E-state index in [4.69, 9.17) is 4.74 Å². The number of ether oxygens (including phenoxy) is 1. The van der Waals surface area contributed by atoms with Crippen molar-refractivity contribution >= 4 is 11.6 Å². The van der Waals surface area contributed by atoms with Crippen LogP contribution in [0.3, 0.4) is 0 Å². The van der Waals surface area contributed by atoms with E-state index < -0.39 is 0 Å². The second kappa shape index (κ2) is 7.81. The molecule has 1 aromatic heterocycles. The summed E-state index contributed by atoms with van der Waals surface area (Å²) in [5.74, 6) is 2.67. The van der Waals surface area contributed by atoms with Crippen molar-refractivity contribution in [2.45, 2.75) is 38.1 Å². The summed E-state index contributed by atoms with van der Waals surface area (Å²) in [5.41, 5.74) is 1.25. The summed E-state index contributed by atoms with van der Waals surface area (Å²) in [6, 6.07) is 10.7. The van der Waals surface area contributed by atoms with E-state index in [0.29, 0.717) is 6.04 Å². The summed E-state index contributed by atoms with van der Waals surface area (Å²) >= 11 is 0. The van der Waals surface area contributed by atoms with Gasteiger partial charge in [0.05, 0.1) is 7.11 Å². The van der Waals surface area contributed by atoms with Crippen LogP contribution in [0.4, 0.5) is 11.6 Å².